The molecule has 4 aromatic rings. The van der Waals surface area contributed by atoms with Gasteiger partial charge in [0.25, 0.3) is 5.95 Å². The van der Waals surface area contributed by atoms with Gasteiger partial charge in [-0.3, -0.25) is 4.57 Å². The van der Waals surface area contributed by atoms with Gasteiger partial charge in [0.15, 0.2) is 34.8 Å². The fourth-order valence-corrected chi connectivity index (χ4v) is 4.61. The summed E-state index contributed by atoms with van der Waals surface area (Å²) in [6.07, 6.45) is -2.95. The first-order valence-electron chi connectivity index (χ1n) is 10.9. The molecule has 0 spiro atoms. The molecule has 0 aliphatic carbocycles. The number of azo groups is 1. The molecule has 3 aromatic heterocycles. The molecule has 1 aromatic carbocycles. The number of aliphatic hydroxyl groups is 3. The van der Waals surface area contributed by atoms with Crippen molar-refractivity contribution < 1.29 is 25.2 Å². The number of anilines is 1. The maximum Gasteiger partial charge on any atom is 0.254 e. The van der Waals surface area contributed by atoms with Gasteiger partial charge in [-0.15, -0.1) is 10.2 Å². The summed E-state index contributed by atoms with van der Waals surface area (Å²) in [7, 11) is 0. The summed E-state index contributed by atoms with van der Waals surface area (Å²) in [6.45, 7) is 2.08. The second kappa shape index (κ2) is 9.13. The fraction of sp³-hybridized carbons (Fsp3) is 0.381. The highest BCUT2D eigenvalue weighted by molar-refractivity contribution is 9.10. The van der Waals surface area contributed by atoms with E-state index in [4.69, 9.17) is 10.5 Å². The van der Waals surface area contributed by atoms with E-state index in [1.807, 2.05) is 23.6 Å². The molecule has 1 saturated heterocycles. The van der Waals surface area contributed by atoms with Crippen LogP contribution in [0.3, 0.4) is 0 Å². The van der Waals surface area contributed by atoms with E-state index in [0.717, 1.165) is 16.4 Å². The van der Waals surface area contributed by atoms with Crippen LogP contribution < -0.4 is 5.73 Å². The minimum Gasteiger partial charge on any atom is -0.504 e. The van der Waals surface area contributed by atoms with E-state index in [9.17, 15) is 20.4 Å². The first-order chi connectivity index (χ1) is 16.8. The van der Waals surface area contributed by atoms with Crippen LogP contribution in [0.1, 0.15) is 19.6 Å². The van der Waals surface area contributed by atoms with Crippen molar-refractivity contribution in [1.82, 2.24) is 24.1 Å². The number of fused-ring (bicyclic) bond motifs is 2. The lowest BCUT2D eigenvalue weighted by Gasteiger charge is -2.17. The van der Waals surface area contributed by atoms with Gasteiger partial charge in [-0.2, -0.15) is 0 Å². The Morgan fingerprint density at radius 3 is 2.71 bits per heavy atom. The smallest absolute Gasteiger partial charge is 0.254 e. The fourth-order valence-electron chi connectivity index (χ4n) is 4.25. The van der Waals surface area contributed by atoms with Crippen molar-refractivity contribution in [2.24, 2.45) is 10.2 Å². The van der Waals surface area contributed by atoms with Gasteiger partial charge in [0.2, 0.25) is 0 Å². The Kier molecular flexibility index (Phi) is 6.14. The zero-order valence-electron chi connectivity index (χ0n) is 18.5. The molecule has 1 fully saturated rings. The van der Waals surface area contributed by atoms with Gasteiger partial charge in [-0.05, 0) is 24.6 Å². The van der Waals surface area contributed by atoms with Crippen LogP contribution in [0.4, 0.5) is 17.6 Å². The Morgan fingerprint density at radius 2 is 2.00 bits per heavy atom. The molecule has 1 aliphatic rings. The van der Waals surface area contributed by atoms with Crippen molar-refractivity contribution in [2.75, 3.05) is 12.3 Å². The average molecular weight is 547 g/mol. The summed E-state index contributed by atoms with van der Waals surface area (Å²) in [5, 5.41) is 50.5. The van der Waals surface area contributed by atoms with E-state index < -0.39 is 31.1 Å². The maximum atomic E-state index is 10.9. The average Bonchev–Trinajstić information content (AvgIpc) is 3.44. The minimum atomic E-state index is -1.41. The van der Waals surface area contributed by atoms with Gasteiger partial charge in [-0.1, -0.05) is 22.9 Å². The lowest BCUT2D eigenvalue weighted by atomic mass is 10.1. The number of imidazole rings is 1. The number of ether oxygens (including phenoxy) is 1. The molecule has 0 bridgehead atoms. The molecule has 184 valence electrons. The first kappa shape index (κ1) is 23.6. The van der Waals surface area contributed by atoms with Crippen molar-refractivity contribution in [1.29, 1.82) is 0 Å². The minimum absolute atomic E-state index is 0.0454. The summed E-state index contributed by atoms with van der Waals surface area (Å²) < 4.78 is 9.66. The number of aliphatic hydroxyl groups excluding tert-OH is 3. The van der Waals surface area contributed by atoms with Gasteiger partial charge >= 0.3 is 0 Å². The molecule has 0 amide bonds. The number of aromatic hydroxyl groups is 1. The third-order valence-electron chi connectivity index (χ3n) is 5.91. The van der Waals surface area contributed by atoms with Crippen LogP contribution in [0.15, 0.2) is 39.2 Å². The van der Waals surface area contributed by atoms with Crippen molar-refractivity contribution in [3.63, 3.8) is 0 Å². The quantitative estimate of drug-likeness (QED) is 0.226. The molecule has 13 nitrogen and oxygen atoms in total. The summed E-state index contributed by atoms with van der Waals surface area (Å²) in [5.74, 6) is 0.202. The highest BCUT2D eigenvalue weighted by atomic mass is 79.9. The zero-order valence-corrected chi connectivity index (χ0v) is 20.1. The Balaban J connectivity index is 1.67. The largest absolute Gasteiger partial charge is 0.504 e. The van der Waals surface area contributed by atoms with Gasteiger partial charge < -0.3 is 35.5 Å². The second-order valence-electron chi connectivity index (χ2n) is 8.13. The lowest BCUT2D eigenvalue weighted by molar-refractivity contribution is -0.0503. The number of halogens is 1. The Morgan fingerprint density at radius 1 is 1.20 bits per heavy atom. The molecule has 35 heavy (non-hydrogen) atoms. The number of hydrogen-bond donors (Lipinski definition) is 5. The maximum absolute atomic E-state index is 10.9. The predicted octanol–water partition coefficient (Wildman–Crippen LogP) is 2.27. The summed E-state index contributed by atoms with van der Waals surface area (Å²) >= 11 is 3.42. The Bertz CT molecular complexity index is 1440. The normalized spacial score (nSPS) is 22.8. The third-order valence-corrected chi connectivity index (χ3v) is 6.40. The number of aryl methyl sites for hydroxylation is 1. The van der Waals surface area contributed by atoms with E-state index >= 15 is 0 Å². The van der Waals surface area contributed by atoms with E-state index in [0.29, 0.717) is 11.9 Å². The van der Waals surface area contributed by atoms with Crippen LogP contribution in [0.2, 0.25) is 0 Å². The van der Waals surface area contributed by atoms with Crippen LogP contribution in [-0.4, -0.2) is 69.4 Å². The number of nitrogen functional groups attached to an aromatic ring is 1. The van der Waals surface area contributed by atoms with Crippen LogP contribution in [0, 0.1) is 0 Å². The van der Waals surface area contributed by atoms with Crippen molar-refractivity contribution in [2.45, 2.75) is 44.4 Å². The molecule has 5 rings (SSSR count). The summed E-state index contributed by atoms with van der Waals surface area (Å²) in [4.78, 5) is 12.5. The molecule has 4 unspecified atom stereocenters. The molecule has 0 saturated carbocycles. The predicted molar refractivity (Wildman–Crippen MR) is 129 cm³/mol. The zero-order chi connectivity index (χ0) is 24.9. The summed E-state index contributed by atoms with van der Waals surface area (Å²) in [5.41, 5.74) is 7.15. The van der Waals surface area contributed by atoms with Crippen LogP contribution in [0.5, 0.6) is 5.75 Å². The van der Waals surface area contributed by atoms with Crippen LogP contribution in [0.25, 0.3) is 22.1 Å². The Labute approximate surface area is 206 Å². The van der Waals surface area contributed by atoms with Gasteiger partial charge in [0.1, 0.15) is 24.6 Å². The topological polar surface area (TPSA) is 189 Å². The van der Waals surface area contributed by atoms with Gasteiger partial charge in [0.05, 0.1) is 12.1 Å². The standard InChI is InChI=1S/C21H23BrN8O5/c1-2-5-29-11-4-3-9(22)6-10(11)14(32)19(29)27-28-21-26-13-17(23)24-8-25-18(13)30(21)20-16(34)15(33)12(7-31)35-20/h3-4,6,8,12,15-16,20,31-34H,2,5,7H2,1H3,(H2,23,24,25)/b28-27+. The molecule has 1 aliphatic heterocycles. The van der Waals surface area contributed by atoms with Crippen LogP contribution >= 0.6 is 15.9 Å². The van der Waals surface area contributed by atoms with Crippen molar-refractivity contribution in [3.8, 4) is 5.75 Å². The lowest BCUT2D eigenvalue weighted by Crippen LogP contribution is -2.33. The molecule has 4 heterocycles. The van der Waals surface area contributed by atoms with E-state index in [-0.39, 0.29) is 34.5 Å². The van der Waals surface area contributed by atoms with E-state index in [1.165, 1.54) is 10.9 Å². The first-order valence-corrected chi connectivity index (χ1v) is 11.7. The monoisotopic (exact) mass is 546 g/mol. The number of aromatic nitrogens is 5. The molecule has 4 atom stereocenters. The molecule has 0 radical (unpaired) electrons. The molecular weight excluding hydrogens is 524 g/mol. The second-order valence-corrected chi connectivity index (χ2v) is 9.04. The van der Waals surface area contributed by atoms with Crippen molar-refractivity contribution >= 4 is 55.6 Å². The van der Waals surface area contributed by atoms with Crippen LogP contribution in [-0.2, 0) is 11.3 Å². The molecular formula is C21H23BrN8O5. The summed E-state index contributed by atoms with van der Waals surface area (Å²) in [6, 6.07) is 5.54. The van der Waals surface area contributed by atoms with E-state index in [1.54, 1.807) is 6.07 Å². The third kappa shape index (κ3) is 3.83. The Hall–Kier alpha value is -3.17. The highest BCUT2D eigenvalue weighted by Crippen LogP contribution is 2.41. The number of hydrogen-bond acceptors (Lipinski definition) is 11. The molecule has 6 N–H and O–H groups in total. The van der Waals surface area contributed by atoms with Crippen molar-refractivity contribution in [3.05, 3.63) is 29.0 Å². The SMILES string of the molecule is CCCn1c(/N=N/c2nc3c(N)ncnc3n2C2OC(CO)C(O)C2O)c(O)c2cc(Br)ccc21. The van der Waals surface area contributed by atoms with Gasteiger partial charge in [-0.25, -0.2) is 15.0 Å². The number of rotatable bonds is 6. The van der Waals surface area contributed by atoms with E-state index in [2.05, 4.69) is 41.1 Å². The highest BCUT2D eigenvalue weighted by Gasteiger charge is 2.45. The van der Waals surface area contributed by atoms with Gasteiger partial charge in [0, 0.05) is 16.4 Å². The number of nitrogens with two attached hydrogens (primary N) is 1. The number of nitrogens with zero attached hydrogens (tertiary/aromatic N) is 7. The number of benzene rings is 1. The molecule has 14 heteroatoms.